The molecule has 0 radical (unpaired) electrons. The van der Waals surface area contributed by atoms with Crippen molar-refractivity contribution in [3.63, 3.8) is 0 Å². The molecule has 2 atom stereocenters. The number of amidine groups is 1. The van der Waals surface area contributed by atoms with E-state index in [4.69, 9.17) is 26.9 Å². The van der Waals surface area contributed by atoms with E-state index < -0.39 is 23.7 Å². The van der Waals surface area contributed by atoms with Crippen molar-refractivity contribution >= 4 is 46.8 Å². The summed E-state index contributed by atoms with van der Waals surface area (Å²) >= 11 is 6.21. The summed E-state index contributed by atoms with van der Waals surface area (Å²) in [4.78, 5) is 59.3. The third-order valence-electron chi connectivity index (χ3n) is 7.13. The van der Waals surface area contributed by atoms with Gasteiger partial charge in [0.2, 0.25) is 11.8 Å². The lowest BCUT2D eigenvalue weighted by molar-refractivity contribution is -0.146. The average molecular weight is 571 g/mol. The number of oxime groups is 1. The van der Waals surface area contributed by atoms with Gasteiger partial charge in [-0.3, -0.25) is 24.2 Å². The fourth-order valence-electron chi connectivity index (χ4n) is 5.11. The molecule has 2 aromatic carbocycles. The molecular formula is C28H31ClN4O7. The van der Waals surface area contributed by atoms with Gasteiger partial charge in [-0.05, 0) is 60.2 Å². The molecule has 1 saturated heterocycles. The van der Waals surface area contributed by atoms with Crippen LogP contribution < -0.4 is 10.5 Å². The minimum absolute atomic E-state index is 0.0187. The molecule has 0 bridgehead atoms. The first kappa shape index (κ1) is 28.9. The van der Waals surface area contributed by atoms with E-state index in [1.54, 1.807) is 30.3 Å². The van der Waals surface area contributed by atoms with Crippen LogP contribution >= 0.6 is 11.6 Å². The number of amides is 3. The highest BCUT2D eigenvalue weighted by molar-refractivity contribution is 6.30. The Labute approximate surface area is 236 Å². The van der Waals surface area contributed by atoms with E-state index in [1.165, 1.54) is 18.1 Å². The molecule has 4 rings (SSSR count). The topological polar surface area (TPSA) is 152 Å². The Bertz CT molecular complexity index is 1360. The molecule has 40 heavy (non-hydrogen) atoms. The van der Waals surface area contributed by atoms with Crippen LogP contribution in [0.2, 0.25) is 5.02 Å². The van der Waals surface area contributed by atoms with Gasteiger partial charge in [-0.1, -0.05) is 36.2 Å². The van der Waals surface area contributed by atoms with E-state index in [0.717, 1.165) is 11.3 Å². The fourth-order valence-corrected chi connectivity index (χ4v) is 5.31. The summed E-state index contributed by atoms with van der Waals surface area (Å²) in [6.45, 7) is 1.51. The fraction of sp³-hybridized carbons (Fsp3) is 0.393. The first-order valence-electron chi connectivity index (χ1n) is 12.9. The number of benzene rings is 2. The molecule has 1 unspecified atom stereocenters. The number of rotatable bonds is 9. The number of carbonyl (C=O) groups is 4. The van der Waals surface area contributed by atoms with Crippen molar-refractivity contribution in [2.24, 2.45) is 11.1 Å². The van der Waals surface area contributed by atoms with Crippen LogP contribution in [0, 0.1) is 5.92 Å². The van der Waals surface area contributed by atoms with Crippen LogP contribution in [0.25, 0.3) is 0 Å². The van der Waals surface area contributed by atoms with Crippen molar-refractivity contribution in [1.29, 1.82) is 0 Å². The van der Waals surface area contributed by atoms with E-state index in [9.17, 15) is 24.3 Å². The first-order chi connectivity index (χ1) is 19.1. The third kappa shape index (κ3) is 6.20. The number of imide groups is 1. The van der Waals surface area contributed by atoms with Crippen LogP contribution in [0.4, 0.5) is 5.69 Å². The number of methoxy groups -OCH3 is 1. The van der Waals surface area contributed by atoms with E-state index >= 15 is 0 Å². The van der Waals surface area contributed by atoms with Crippen molar-refractivity contribution in [3.8, 4) is 5.75 Å². The number of carboxylic acid groups (broad SMARTS) is 1. The smallest absolute Gasteiger partial charge is 0.337 e. The SMILES string of the molecule is CCC[C@@H](CC(=O)N1CC2=NOCC(=O)N2CC(Cc2cc(Cl)ccc2OC)C1=O)c1ccc(C(=O)O)c(N)c1. The van der Waals surface area contributed by atoms with E-state index in [2.05, 4.69) is 5.16 Å². The van der Waals surface area contributed by atoms with Gasteiger partial charge in [0.15, 0.2) is 12.4 Å². The maximum Gasteiger partial charge on any atom is 0.337 e. The maximum absolute atomic E-state index is 13.9. The Balaban J connectivity index is 1.65. The number of hydrogen-bond donors (Lipinski definition) is 2. The zero-order chi connectivity index (χ0) is 29.0. The monoisotopic (exact) mass is 570 g/mol. The van der Waals surface area contributed by atoms with Crippen LogP contribution in [-0.4, -0.2) is 71.2 Å². The number of fused-ring (bicyclic) bond motifs is 1. The number of carboxylic acids is 1. The Morgan fingerprint density at radius 2 is 2.02 bits per heavy atom. The molecule has 0 saturated carbocycles. The number of ether oxygens (including phenoxy) is 1. The molecule has 2 aliphatic rings. The average Bonchev–Trinajstić information content (AvgIpc) is 3.05. The second-order valence-corrected chi connectivity index (χ2v) is 10.2. The Hall–Kier alpha value is -4.12. The second-order valence-electron chi connectivity index (χ2n) is 9.80. The number of halogens is 1. The number of nitrogens with two attached hydrogens (primary N) is 1. The van der Waals surface area contributed by atoms with Crippen molar-refractivity contribution in [2.75, 3.05) is 32.5 Å². The standard InChI is InChI=1S/C28H31ClN4O7/c1-3-4-16(17-5-7-21(28(37)38)22(30)11-17)12-25(34)33-14-24-31-40-15-26(35)32(24)13-19(27(33)36)9-18-10-20(29)6-8-23(18)39-2/h5-8,10-11,16,19H,3-4,9,12-15,30H2,1-2H3,(H,37,38)/t16-,19?/m0/s1. The number of anilines is 1. The van der Waals surface area contributed by atoms with Gasteiger partial charge >= 0.3 is 5.97 Å². The predicted molar refractivity (Wildman–Crippen MR) is 147 cm³/mol. The van der Waals surface area contributed by atoms with Crippen LogP contribution in [-0.2, 0) is 25.6 Å². The molecule has 0 aromatic heterocycles. The predicted octanol–water partition coefficient (Wildman–Crippen LogP) is 3.30. The summed E-state index contributed by atoms with van der Waals surface area (Å²) in [6.07, 6.45) is 1.50. The molecule has 212 valence electrons. The van der Waals surface area contributed by atoms with Crippen LogP contribution in [0.15, 0.2) is 41.6 Å². The third-order valence-corrected chi connectivity index (χ3v) is 7.37. The summed E-state index contributed by atoms with van der Waals surface area (Å²) < 4.78 is 5.45. The van der Waals surface area contributed by atoms with Gasteiger partial charge in [-0.25, -0.2) is 4.79 Å². The minimum atomic E-state index is -1.14. The first-order valence-corrected chi connectivity index (χ1v) is 13.3. The Morgan fingerprint density at radius 3 is 2.70 bits per heavy atom. The molecule has 2 aromatic rings. The van der Waals surface area contributed by atoms with Gasteiger partial charge in [0, 0.05) is 23.7 Å². The highest BCUT2D eigenvalue weighted by Crippen LogP contribution is 2.31. The summed E-state index contributed by atoms with van der Waals surface area (Å²) in [5.41, 5.74) is 7.42. The number of nitrogen functional groups attached to an aromatic ring is 1. The summed E-state index contributed by atoms with van der Waals surface area (Å²) in [5.74, 6) is -2.77. The minimum Gasteiger partial charge on any atom is -0.496 e. The summed E-state index contributed by atoms with van der Waals surface area (Å²) in [6, 6.07) is 9.70. The van der Waals surface area contributed by atoms with Gasteiger partial charge in [0.05, 0.1) is 25.1 Å². The Kier molecular flexibility index (Phi) is 8.93. The lowest BCUT2D eigenvalue weighted by Crippen LogP contribution is -2.46. The quantitative estimate of drug-likeness (QED) is 0.436. The molecular weight excluding hydrogens is 540 g/mol. The van der Waals surface area contributed by atoms with Crippen LogP contribution in [0.5, 0.6) is 5.75 Å². The highest BCUT2D eigenvalue weighted by Gasteiger charge is 2.41. The molecule has 12 heteroatoms. The van der Waals surface area contributed by atoms with Gasteiger partial charge in [0.1, 0.15) is 5.75 Å². The molecule has 3 N–H and O–H groups in total. The lowest BCUT2D eigenvalue weighted by Gasteiger charge is -2.26. The number of aromatic carboxylic acids is 1. The van der Waals surface area contributed by atoms with E-state index in [0.29, 0.717) is 28.3 Å². The summed E-state index contributed by atoms with van der Waals surface area (Å²) in [5, 5.41) is 13.8. The molecule has 11 nitrogen and oxygen atoms in total. The lowest BCUT2D eigenvalue weighted by atomic mass is 9.89. The zero-order valence-corrected chi connectivity index (χ0v) is 23.0. The molecule has 0 spiro atoms. The van der Waals surface area contributed by atoms with Crippen molar-refractivity contribution in [3.05, 3.63) is 58.1 Å². The molecule has 0 aliphatic carbocycles. The molecule has 1 fully saturated rings. The van der Waals surface area contributed by atoms with Gasteiger partial charge in [-0.2, -0.15) is 0 Å². The van der Waals surface area contributed by atoms with Crippen molar-refractivity contribution < 1.29 is 33.9 Å². The highest BCUT2D eigenvalue weighted by atomic mass is 35.5. The molecule has 2 aliphatic heterocycles. The summed E-state index contributed by atoms with van der Waals surface area (Å²) in [7, 11) is 1.51. The van der Waals surface area contributed by atoms with Crippen molar-refractivity contribution in [1.82, 2.24) is 9.80 Å². The number of hydrogen-bond acceptors (Lipinski definition) is 8. The largest absolute Gasteiger partial charge is 0.496 e. The molecule has 2 heterocycles. The number of nitrogens with zero attached hydrogens (tertiary/aromatic N) is 3. The van der Waals surface area contributed by atoms with Crippen LogP contribution in [0.1, 0.15) is 53.6 Å². The Morgan fingerprint density at radius 1 is 1.25 bits per heavy atom. The van der Waals surface area contributed by atoms with Gasteiger partial charge in [-0.15, -0.1) is 0 Å². The van der Waals surface area contributed by atoms with Gasteiger partial charge < -0.3 is 20.4 Å². The second kappa shape index (κ2) is 12.4. The van der Waals surface area contributed by atoms with E-state index in [-0.39, 0.29) is 61.4 Å². The zero-order valence-electron chi connectivity index (χ0n) is 22.3. The number of carbonyl (C=O) groups excluding carboxylic acids is 3. The van der Waals surface area contributed by atoms with Gasteiger partial charge in [0.25, 0.3) is 5.91 Å². The maximum atomic E-state index is 13.9. The molecule has 3 amide bonds. The van der Waals surface area contributed by atoms with Crippen LogP contribution in [0.3, 0.4) is 0 Å². The normalized spacial score (nSPS) is 17.9. The van der Waals surface area contributed by atoms with E-state index in [1.807, 2.05) is 6.92 Å². The van der Waals surface area contributed by atoms with Crippen molar-refractivity contribution in [2.45, 2.75) is 38.5 Å².